The standard InChI is InChI=1S/C11H18N4O2/c1-13-9(6-10(16)14(2)11(13)17)15-5-3-4-8(12)7-15/h6,8H,3-5,7,12H2,1-2H3/t8-/m1/s1. The molecule has 0 amide bonds. The molecule has 0 spiro atoms. The van der Waals surface area contributed by atoms with Gasteiger partial charge >= 0.3 is 5.69 Å². The highest BCUT2D eigenvalue weighted by atomic mass is 16.2. The maximum absolute atomic E-state index is 11.8. The van der Waals surface area contributed by atoms with E-state index in [2.05, 4.69) is 0 Å². The average Bonchev–Trinajstić information content (AvgIpc) is 2.31. The normalized spacial score (nSPS) is 20.6. The third kappa shape index (κ3) is 2.12. The van der Waals surface area contributed by atoms with Crippen LogP contribution >= 0.6 is 0 Å². The van der Waals surface area contributed by atoms with Crippen LogP contribution in [0.4, 0.5) is 5.82 Å². The molecule has 1 saturated heterocycles. The second-order valence-corrected chi connectivity index (χ2v) is 4.59. The molecule has 0 unspecified atom stereocenters. The van der Waals surface area contributed by atoms with Crippen molar-refractivity contribution in [2.45, 2.75) is 18.9 Å². The van der Waals surface area contributed by atoms with Gasteiger partial charge in [0.2, 0.25) is 0 Å². The zero-order valence-electron chi connectivity index (χ0n) is 10.2. The molecule has 0 saturated carbocycles. The topological polar surface area (TPSA) is 73.3 Å². The summed E-state index contributed by atoms with van der Waals surface area (Å²) < 4.78 is 2.60. The Balaban J connectivity index is 2.45. The van der Waals surface area contributed by atoms with Gasteiger partial charge in [0, 0.05) is 39.3 Å². The zero-order chi connectivity index (χ0) is 12.6. The average molecular weight is 238 g/mol. The Morgan fingerprint density at radius 2 is 2.00 bits per heavy atom. The molecule has 6 heteroatoms. The van der Waals surface area contributed by atoms with Gasteiger partial charge in [0.1, 0.15) is 5.82 Å². The first kappa shape index (κ1) is 11.9. The van der Waals surface area contributed by atoms with Gasteiger partial charge < -0.3 is 10.6 Å². The lowest BCUT2D eigenvalue weighted by Gasteiger charge is -2.33. The van der Waals surface area contributed by atoms with E-state index in [4.69, 9.17) is 5.73 Å². The Labute approximate surface area is 99.3 Å². The van der Waals surface area contributed by atoms with E-state index >= 15 is 0 Å². The van der Waals surface area contributed by atoms with Crippen molar-refractivity contribution in [1.29, 1.82) is 0 Å². The van der Waals surface area contributed by atoms with Crippen LogP contribution in [-0.4, -0.2) is 28.3 Å². The Morgan fingerprint density at radius 1 is 1.29 bits per heavy atom. The molecule has 6 nitrogen and oxygen atoms in total. The van der Waals surface area contributed by atoms with E-state index in [0.29, 0.717) is 12.4 Å². The fourth-order valence-electron chi connectivity index (χ4n) is 2.24. The first-order valence-corrected chi connectivity index (χ1v) is 5.78. The van der Waals surface area contributed by atoms with E-state index < -0.39 is 0 Å². The second kappa shape index (κ2) is 4.37. The van der Waals surface area contributed by atoms with Gasteiger partial charge in [-0.05, 0) is 12.8 Å². The summed E-state index contributed by atoms with van der Waals surface area (Å²) in [6.45, 7) is 1.54. The highest BCUT2D eigenvalue weighted by molar-refractivity contribution is 5.39. The molecule has 1 aromatic rings. The Kier molecular flexibility index (Phi) is 3.06. The maximum atomic E-state index is 11.8. The van der Waals surface area contributed by atoms with Gasteiger partial charge in [-0.15, -0.1) is 0 Å². The number of hydrogen-bond acceptors (Lipinski definition) is 4. The summed E-state index contributed by atoms with van der Waals surface area (Å²) in [4.78, 5) is 25.4. The van der Waals surface area contributed by atoms with Gasteiger partial charge in [-0.3, -0.25) is 13.9 Å². The molecular formula is C11H18N4O2. The van der Waals surface area contributed by atoms with Gasteiger partial charge in [-0.2, -0.15) is 0 Å². The number of aromatic nitrogens is 2. The van der Waals surface area contributed by atoms with Crippen LogP contribution in [0.15, 0.2) is 15.7 Å². The predicted octanol–water partition coefficient (Wildman–Crippen LogP) is -0.988. The molecule has 94 valence electrons. The highest BCUT2D eigenvalue weighted by Crippen LogP contribution is 2.15. The van der Waals surface area contributed by atoms with Gasteiger partial charge in [0.15, 0.2) is 0 Å². The molecule has 1 fully saturated rings. The van der Waals surface area contributed by atoms with Crippen LogP contribution in [-0.2, 0) is 14.1 Å². The van der Waals surface area contributed by atoms with Crippen LogP contribution in [0.1, 0.15) is 12.8 Å². The number of hydrogen-bond donors (Lipinski definition) is 1. The summed E-state index contributed by atoms with van der Waals surface area (Å²) in [6.07, 6.45) is 1.99. The largest absolute Gasteiger partial charge is 0.356 e. The van der Waals surface area contributed by atoms with Crippen LogP contribution in [0.2, 0.25) is 0 Å². The smallest absolute Gasteiger partial charge is 0.332 e. The summed E-state index contributed by atoms with van der Waals surface area (Å²) in [5, 5.41) is 0. The molecular weight excluding hydrogens is 220 g/mol. The first-order valence-electron chi connectivity index (χ1n) is 5.78. The van der Waals surface area contributed by atoms with Crippen molar-refractivity contribution in [2.75, 3.05) is 18.0 Å². The number of rotatable bonds is 1. The summed E-state index contributed by atoms with van der Waals surface area (Å²) in [5.74, 6) is 0.660. The van der Waals surface area contributed by atoms with Crippen LogP contribution in [0.25, 0.3) is 0 Å². The third-order valence-electron chi connectivity index (χ3n) is 3.28. The molecule has 1 atom stereocenters. The van der Waals surface area contributed by atoms with Crippen LogP contribution in [0.5, 0.6) is 0 Å². The zero-order valence-corrected chi connectivity index (χ0v) is 10.2. The Hall–Kier alpha value is -1.56. The van der Waals surface area contributed by atoms with E-state index in [1.54, 1.807) is 7.05 Å². The summed E-state index contributed by atoms with van der Waals surface area (Å²) >= 11 is 0. The highest BCUT2D eigenvalue weighted by Gasteiger charge is 2.20. The summed E-state index contributed by atoms with van der Waals surface area (Å²) in [6, 6.07) is 1.61. The number of anilines is 1. The summed E-state index contributed by atoms with van der Waals surface area (Å²) in [5.41, 5.74) is 5.33. The van der Waals surface area contributed by atoms with Crippen LogP contribution in [0, 0.1) is 0 Å². The Morgan fingerprint density at radius 3 is 2.65 bits per heavy atom. The third-order valence-corrected chi connectivity index (χ3v) is 3.28. The Bertz CT molecular complexity index is 531. The minimum atomic E-state index is -0.299. The van der Waals surface area contributed by atoms with Crippen molar-refractivity contribution < 1.29 is 0 Å². The molecule has 1 aromatic heterocycles. The molecule has 0 aromatic carbocycles. The molecule has 0 aliphatic carbocycles. The van der Waals surface area contributed by atoms with Gasteiger partial charge in [-0.25, -0.2) is 4.79 Å². The lowest BCUT2D eigenvalue weighted by Crippen LogP contribution is -2.47. The van der Waals surface area contributed by atoms with Crippen molar-refractivity contribution in [3.05, 3.63) is 26.9 Å². The number of piperidine rings is 1. The molecule has 1 aliphatic heterocycles. The van der Waals surface area contributed by atoms with E-state index in [-0.39, 0.29) is 17.3 Å². The van der Waals surface area contributed by atoms with E-state index in [9.17, 15) is 9.59 Å². The van der Waals surface area contributed by atoms with Crippen molar-refractivity contribution in [2.24, 2.45) is 19.8 Å². The second-order valence-electron chi connectivity index (χ2n) is 4.59. The van der Waals surface area contributed by atoms with Gasteiger partial charge in [-0.1, -0.05) is 0 Å². The molecule has 2 N–H and O–H groups in total. The SMILES string of the molecule is Cn1c(N2CCC[C@@H](N)C2)cc(=O)n(C)c1=O. The fraction of sp³-hybridized carbons (Fsp3) is 0.636. The monoisotopic (exact) mass is 238 g/mol. The minimum absolute atomic E-state index is 0.114. The van der Waals surface area contributed by atoms with Crippen LogP contribution in [0.3, 0.4) is 0 Å². The number of nitrogens with zero attached hydrogens (tertiary/aromatic N) is 3. The molecule has 2 heterocycles. The lowest BCUT2D eigenvalue weighted by molar-refractivity contribution is 0.494. The van der Waals surface area contributed by atoms with Gasteiger partial charge in [0.05, 0.1) is 0 Å². The predicted molar refractivity (Wildman–Crippen MR) is 66.3 cm³/mol. The lowest BCUT2D eigenvalue weighted by atomic mass is 10.1. The van der Waals surface area contributed by atoms with E-state index in [0.717, 1.165) is 24.0 Å². The molecule has 2 rings (SSSR count). The van der Waals surface area contributed by atoms with Crippen molar-refractivity contribution in [3.8, 4) is 0 Å². The van der Waals surface area contributed by atoms with E-state index in [1.165, 1.54) is 17.7 Å². The first-order chi connectivity index (χ1) is 8.00. The van der Waals surface area contributed by atoms with Crippen LogP contribution < -0.4 is 21.9 Å². The maximum Gasteiger partial charge on any atom is 0.332 e. The van der Waals surface area contributed by atoms with Crippen molar-refractivity contribution in [1.82, 2.24) is 9.13 Å². The van der Waals surface area contributed by atoms with Crippen molar-refractivity contribution >= 4 is 5.82 Å². The molecule has 1 aliphatic rings. The fourth-order valence-corrected chi connectivity index (χ4v) is 2.24. The number of nitrogens with two attached hydrogens (primary N) is 1. The minimum Gasteiger partial charge on any atom is -0.356 e. The van der Waals surface area contributed by atoms with Crippen molar-refractivity contribution in [3.63, 3.8) is 0 Å². The van der Waals surface area contributed by atoms with E-state index in [1.807, 2.05) is 4.90 Å². The van der Waals surface area contributed by atoms with Gasteiger partial charge in [0.25, 0.3) is 5.56 Å². The molecule has 0 bridgehead atoms. The summed E-state index contributed by atoms with van der Waals surface area (Å²) in [7, 11) is 3.16. The quantitative estimate of drug-likeness (QED) is 0.682. The molecule has 17 heavy (non-hydrogen) atoms. The molecule has 0 radical (unpaired) electrons.